The van der Waals surface area contributed by atoms with Crippen LogP contribution in [0.25, 0.3) is 11.0 Å². The van der Waals surface area contributed by atoms with E-state index in [2.05, 4.69) is 16.0 Å². The monoisotopic (exact) mass is 161 g/mol. The van der Waals surface area contributed by atoms with E-state index in [0.29, 0.717) is 6.54 Å². The average Bonchev–Trinajstić information content (AvgIpc) is 2.44. The van der Waals surface area contributed by atoms with Crippen LogP contribution in [0.5, 0.6) is 0 Å². The van der Waals surface area contributed by atoms with Gasteiger partial charge in [0.25, 0.3) is 0 Å². The molecule has 2 rings (SSSR count). The molecule has 0 unspecified atom stereocenters. The lowest BCUT2D eigenvalue weighted by Crippen LogP contribution is -1.96. The number of hydrogen-bond donors (Lipinski definition) is 2. The molecule has 0 aromatic carbocycles. The normalized spacial score (nSPS) is 10.8. The molecule has 2 aromatic heterocycles. The quantitative estimate of drug-likeness (QED) is 0.663. The minimum absolute atomic E-state index is 0.566. The number of nitrogens with zero attached hydrogens (tertiary/aromatic N) is 1. The summed E-state index contributed by atoms with van der Waals surface area (Å²) in [6, 6.07) is 4.03. The van der Waals surface area contributed by atoms with Gasteiger partial charge in [-0.05, 0) is 24.6 Å². The lowest BCUT2D eigenvalue weighted by molar-refractivity contribution is 1.08. The van der Waals surface area contributed by atoms with E-state index in [0.717, 1.165) is 22.3 Å². The SMILES string of the molecule is Cc1cc2c(CN)ccnc2[nH]1. The van der Waals surface area contributed by atoms with E-state index >= 15 is 0 Å². The smallest absolute Gasteiger partial charge is 0.137 e. The molecule has 0 atom stereocenters. The van der Waals surface area contributed by atoms with Crippen molar-refractivity contribution in [1.82, 2.24) is 9.97 Å². The van der Waals surface area contributed by atoms with E-state index in [4.69, 9.17) is 5.73 Å². The highest BCUT2D eigenvalue weighted by Crippen LogP contribution is 2.16. The second-order valence-corrected chi connectivity index (χ2v) is 2.89. The fourth-order valence-electron chi connectivity index (χ4n) is 1.39. The maximum atomic E-state index is 5.58. The lowest BCUT2D eigenvalue weighted by atomic mass is 10.2. The van der Waals surface area contributed by atoms with E-state index in [9.17, 15) is 0 Å². The molecule has 2 aromatic rings. The number of H-pyrrole nitrogens is 1. The minimum Gasteiger partial charge on any atom is -0.344 e. The zero-order valence-corrected chi connectivity index (χ0v) is 6.96. The van der Waals surface area contributed by atoms with Crippen LogP contribution in [0, 0.1) is 6.92 Å². The van der Waals surface area contributed by atoms with Gasteiger partial charge in [-0.2, -0.15) is 0 Å². The lowest BCUT2D eigenvalue weighted by Gasteiger charge is -1.96. The van der Waals surface area contributed by atoms with Crippen LogP contribution >= 0.6 is 0 Å². The predicted octanol–water partition coefficient (Wildman–Crippen LogP) is 1.33. The van der Waals surface area contributed by atoms with Crippen LogP contribution in [-0.4, -0.2) is 9.97 Å². The van der Waals surface area contributed by atoms with Crippen molar-refractivity contribution in [2.24, 2.45) is 5.73 Å². The van der Waals surface area contributed by atoms with Crippen LogP contribution in [0.1, 0.15) is 11.3 Å². The van der Waals surface area contributed by atoms with Crippen LogP contribution in [-0.2, 0) is 6.54 Å². The highest BCUT2D eigenvalue weighted by molar-refractivity contribution is 5.80. The number of nitrogens with two attached hydrogens (primary N) is 1. The van der Waals surface area contributed by atoms with Crippen molar-refractivity contribution in [1.29, 1.82) is 0 Å². The van der Waals surface area contributed by atoms with Crippen molar-refractivity contribution in [3.63, 3.8) is 0 Å². The molecule has 0 amide bonds. The number of aromatic nitrogens is 2. The molecule has 0 fully saturated rings. The highest BCUT2D eigenvalue weighted by Gasteiger charge is 2.01. The van der Waals surface area contributed by atoms with Gasteiger partial charge in [-0.3, -0.25) is 0 Å². The number of pyridine rings is 1. The maximum Gasteiger partial charge on any atom is 0.137 e. The van der Waals surface area contributed by atoms with Gasteiger partial charge in [0.1, 0.15) is 5.65 Å². The van der Waals surface area contributed by atoms with E-state index in [1.54, 1.807) is 6.20 Å². The Balaban J connectivity index is 2.78. The average molecular weight is 161 g/mol. The largest absolute Gasteiger partial charge is 0.344 e. The molecule has 0 aliphatic carbocycles. The number of rotatable bonds is 1. The summed E-state index contributed by atoms with van der Waals surface area (Å²) in [6.45, 7) is 2.58. The fourth-order valence-corrected chi connectivity index (χ4v) is 1.39. The Labute approximate surface area is 70.6 Å². The Bertz CT molecular complexity index is 403. The first-order chi connectivity index (χ1) is 5.81. The Kier molecular flexibility index (Phi) is 1.59. The van der Waals surface area contributed by atoms with Gasteiger partial charge in [0.05, 0.1) is 0 Å². The van der Waals surface area contributed by atoms with Gasteiger partial charge in [-0.25, -0.2) is 4.98 Å². The van der Waals surface area contributed by atoms with Gasteiger partial charge in [0.2, 0.25) is 0 Å². The van der Waals surface area contributed by atoms with E-state index in [1.807, 2.05) is 13.0 Å². The molecule has 0 saturated carbocycles. The van der Waals surface area contributed by atoms with Crippen LogP contribution in [0.15, 0.2) is 18.3 Å². The molecule has 0 aliphatic rings. The van der Waals surface area contributed by atoms with Crippen LogP contribution < -0.4 is 5.73 Å². The van der Waals surface area contributed by atoms with E-state index in [-0.39, 0.29) is 0 Å². The molecule has 62 valence electrons. The number of fused-ring (bicyclic) bond motifs is 1. The Morgan fingerprint density at radius 2 is 2.42 bits per heavy atom. The molecule has 0 radical (unpaired) electrons. The molecule has 3 heteroatoms. The van der Waals surface area contributed by atoms with Gasteiger partial charge in [0, 0.05) is 23.8 Å². The maximum absolute atomic E-state index is 5.58. The topological polar surface area (TPSA) is 54.7 Å². The second kappa shape index (κ2) is 2.60. The number of aryl methyl sites for hydroxylation is 1. The van der Waals surface area contributed by atoms with Crippen molar-refractivity contribution >= 4 is 11.0 Å². The van der Waals surface area contributed by atoms with Gasteiger partial charge >= 0.3 is 0 Å². The van der Waals surface area contributed by atoms with Gasteiger partial charge in [0.15, 0.2) is 0 Å². The van der Waals surface area contributed by atoms with Gasteiger partial charge in [-0.15, -0.1) is 0 Å². The molecule has 0 aliphatic heterocycles. The van der Waals surface area contributed by atoms with Crippen LogP contribution in [0.4, 0.5) is 0 Å². The van der Waals surface area contributed by atoms with Crippen molar-refractivity contribution in [2.75, 3.05) is 0 Å². The van der Waals surface area contributed by atoms with Crippen LogP contribution in [0.3, 0.4) is 0 Å². The summed E-state index contributed by atoms with van der Waals surface area (Å²) in [4.78, 5) is 7.37. The summed E-state index contributed by atoms with van der Waals surface area (Å²) in [5.41, 5.74) is 8.78. The minimum atomic E-state index is 0.566. The first-order valence-electron chi connectivity index (χ1n) is 3.94. The summed E-state index contributed by atoms with van der Waals surface area (Å²) in [7, 11) is 0. The molecular formula is C9H11N3. The summed E-state index contributed by atoms with van der Waals surface area (Å²) >= 11 is 0. The van der Waals surface area contributed by atoms with Crippen molar-refractivity contribution < 1.29 is 0 Å². The Morgan fingerprint density at radius 1 is 1.58 bits per heavy atom. The standard InChI is InChI=1S/C9H11N3/c1-6-4-8-7(5-10)2-3-11-9(8)12-6/h2-4H,5,10H2,1H3,(H,11,12). The summed E-state index contributed by atoms with van der Waals surface area (Å²) < 4.78 is 0. The summed E-state index contributed by atoms with van der Waals surface area (Å²) in [5.74, 6) is 0. The molecule has 3 nitrogen and oxygen atoms in total. The van der Waals surface area contributed by atoms with E-state index < -0.39 is 0 Å². The van der Waals surface area contributed by atoms with Gasteiger partial charge in [-0.1, -0.05) is 0 Å². The van der Waals surface area contributed by atoms with E-state index in [1.165, 1.54) is 0 Å². The Morgan fingerprint density at radius 3 is 3.17 bits per heavy atom. The summed E-state index contributed by atoms with van der Waals surface area (Å²) in [6.07, 6.45) is 1.78. The zero-order chi connectivity index (χ0) is 8.55. The number of aromatic amines is 1. The highest BCUT2D eigenvalue weighted by atomic mass is 14.8. The third-order valence-corrected chi connectivity index (χ3v) is 1.98. The van der Waals surface area contributed by atoms with Crippen molar-refractivity contribution in [2.45, 2.75) is 13.5 Å². The first-order valence-corrected chi connectivity index (χ1v) is 3.94. The van der Waals surface area contributed by atoms with Gasteiger partial charge < -0.3 is 10.7 Å². The molecule has 0 spiro atoms. The molecule has 3 N–H and O–H groups in total. The number of nitrogens with one attached hydrogen (secondary N) is 1. The van der Waals surface area contributed by atoms with Crippen LogP contribution in [0.2, 0.25) is 0 Å². The molecule has 0 bridgehead atoms. The predicted molar refractivity (Wildman–Crippen MR) is 48.7 cm³/mol. The van der Waals surface area contributed by atoms with Crippen molar-refractivity contribution in [3.05, 3.63) is 29.6 Å². The third-order valence-electron chi connectivity index (χ3n) is 1.98. The molecule has 12 heavy (non-hydrogen) atoms. The second-order valence-electron chi connectivity index (χ2n) is 2.89. The summed E-state index contributed by atoms with van der Waals surface area (Å²) in [5, 5.41) is 1.14. The number of hydrogen-bond acceptors (Lipinski definition) is 2. The Hall–Kier alpha value is -1.35. The fraction of sp³-hybridized carbons (Fsp3) is 0.222. The zero-order valence-electron chi connectivity index (χ0n) is 6.96. The molecule has 2 heterocycles. The molecule has 0 saturated heterocycles. The third kappa shape index (κ3) is 0.987. The van der Waals surface area contributed by atoms with Crippen molar-refractivity contribution in [3.8, 4) is 0 Å². The molecular weight excluding hydrogens is 150 g/mol. The first kappa shape index (κ1) is 7.31.